The lowest BCUT2D eigenvalue weighted by atomic mass is 10.1. The maximum atomic E-state index is 12.7. The molecule has 2 aromatic rings. The van der Waals surface area contributed by atoms with E-state index in [1.54, 1.807) is 9.13 Å². The quantitative estimate of drug-likeness (QED) is 0.879. The van der Waals surface area contributed by atoms with Crippen LogP contribution >= 0.6 is 0 Å². The number of aromatic nitrogens is 2. The zero-order valence-electron chi connectivity index (χ0n) is 14.3. The van der Waals surface area contributed by atoms with E-state index in [1.807, 2.05) is 38.1 Å². The fraction of sp³-hybridized carbons (Fsp3) is 0.556. The van der Waals surface area contributed by atoms with Gasteiger partial charge < -0.3 is 10.1 Å². The summed E-state index contributed by atoms with van der Waals surface area (Å²) >= 11 is 0. The number of hydrogen-bond donors (Lipinski definition) is 1. The first-order valence-electron chi connectivity index (χ1n) is 8.71. The summed E-state index contributed by atoms with van der Waals surface area (Å²) in [6.07, 6.45) is 2.95. The number of nitrogens with zero attached hydrogens (tertiary/aromatic N) is 2. The number of carbonyl (C=O) groups excluding carboxylic acids is 1. The summed E-state index contributed by atoms with van der Waals surface area (Å²) < 4.78 is 8.91. The fourth-order valence-corrected chi connectivity index (χ4v) is 3.40. The molecule has 0 bridgehead atoms. The number of carbonyl (C=O) groups is 1. The second kappa shape index (κ2) is 7.21. The summed E-state index contributed by atoms with van der Waals surface area (Å²) in [6, 6.07) is 7.58. The van der Waals surface area contributed by atoms with Gasteiger partial charge in [0, 0.05) is 13.2 Å². The van der Waals surface area contributed by atoms with E-state index in [0.717, 1.165) is 36.9 Å². The van der Waals surface area contributed by atoms with Gasteiger partial charge in [-0.05, 0) is 38.3 Å². The van der Waals surface area contributed by atoms with E-state index in [4.69, 9.17) is 4.74 Å². The summed E-state index contributed by atoms with van der Waals surface area (Å²) in [5, 5.41) is 2.97. The Morgan fingerprint density at radius 2 is 2.04 bits per heavy atom. The van der Waals surface area contributed by atoms with Gasteiger partial charge in [0.2, 0.25) is 5.91 Å². The summed E-state index contributed by atoms with van der Waals surface area (Å²) in [5.41, 5.74) is 1.55. The van der Waals surface area contributed by atoms with Gasteiger partial charge in [-0.15, -0.1) is 0 Å². The van der Waals surface area contributed by atoms with Gasteiger partial charge in [0.15, 0.2) is 0 Å². The molecule has 2 atom stereocenters. The van der Waals surface area contributed by atoms with Crippen LogP contribution in [0.4, 0.5) is 0 Å². The molecule has 1 aromatic heterocycles. The molecule has 6 heteroatoms. The van der Waals surface area contributed by atoms with Gasteiger partial charge in [-0.1, -0.05) is 19.1 Å². The minimum absolute atomic E-state index is 0.0348. The zero-order valence-corrected chi connectivity index (χ0v) is 14.3. The molecule has 1 fully saturated rings. The summed E-state index contributed by atoms with van der Waals surface area (Å²) in [4.78, 5) is 25.1. The van der Waals surface area contributed by atoms with Crippen LogP contribution in [0.25, 0.3) is 11.0 Å². The highest BCUT2D eigenvalue weighted by molar-refractivity contribution is 5.81. The van der Waals surface area contributed by atoms with Crippen molar-refractivity contribution in [1.82, 2.24) is 14.5 Å². The van der Waals surface area contributed by atoms with E-state index >= 15 is 0 Å². The lowest BCUT2D eigenvalue weighted by Crippen LogP contribution is -2.43. The van der Waals surface area contributed by atoms with Crippen LogP contribution < -0.4 is 11.0 Å². The van der Waals surface area contributed by atoms with Crippen LogP contribution in [0.1, 0.15) is 33.1 Å². The molecule has 1 aromatic carbocycles. The number of rotatable bonds is 6. The number of ether oxygens (including phenoxy) is 1. The molecule has 0 unspecified atom stereocenters. The molecule has 3 rings (SSSR count). The molecule has 1 aliphatic heterocycles. The Kier molecular flexibility index (Phi) is 5.04. The number of amides is 1. The standard InChI is InChI=1S/C18H25N3O3/c1-3-10-20-14-7-4-5-8-15(14)21(18(20)23)12-17(22)19-13(2)16-9-6-11-24-16/h4-5,7-8,13,16H,3,6,9-12H2,1-2H3,(H,19,22)/t13-,16+/m1/s1. The van der Waals surface area contributed by atoms with Crippen LogP contribution in [-0.2, 0) is 22.6 Å². The SMILES string of the molecule is CCCn1c(=O)n(CC(=O)N[C@H](C)[C@@H]2CCCO2)c2ccccc21. The van der Waals surface area contributed by atoms with Crippen molar-refractivity contribution in [1.29, 1.82) is 0 Å². The van der Waals surface area contributed by atoms with Crippen molar-refractivity contribution in [2.75, 3.05) is 6.61 Å². The van der Waals surface area contributed by atoms with Crippen molar-refractivity contribution in [2.45, 2.75) is 58.3 Å². The highest BCUT2D eigenvalue weighted by Gasteiger charge is 2.24. The van der Waals surface area contributed by atoms with Gasteiger partial charge in [0.25, 0.3) is 0 Å². The lowest BCUT2D eigenvalue weighted by molar-refractivity contribution is -0.123. The van der Waals surface area contributed by atoms with Crippen LogP contribution in [0.3, 0.4) is 0 Å². The first-order valence-corrected chi connectivity index (χ1v) is 8.71. The molecule has 0 aliphatic carbocycles. The molecule has 24 heavy (non-hydrogen) atoms. The molecule has 6 nitrogen and oxygen atoms in total. The Labute approximate surface area is 141 Å². The average molecular weight is 331 g/mol. The van der Waals surface area contributed by atoms with Gasteiger partial charge in [0.05, 0.1) is 23.2 Å². The van der Waals surface area contributed by atoms with E-state index in [1.165, 1.54) is 0 Å². The van der Waals surface area contributed by atoms with E-state index < -0.39 is 0 Å². The summed E-state index contributed by atoms with van der Waals surface area (Å²) in [7, 11) is 0. The first-order chi connectivity index (χ1) is 11.6. The highest BCUT2D eigenvalue weighted by atomic mass is 16.5. The van der Waals surface area contributed by atoms with Crippen LogP contribution in [0, 0.1) is 0 Å². The molecule has 0 spiro atoms. The molecule has 1 aliphatic rings. The molecule has 130 valence electrons. The van der Waals surface area contributed by atoms with Crippen LogP contribution in [0.5, 0.6) is 0 Å². The van der Waals surface area contributed by atoms with Gasteiger partial charge in [-0.3, -0.25) is 13.9 Å². The van der Waals surface area contributed by atoms with Crippen molar-refractivity contribution in [3.63, 3.8) is 0 Å². The Hall–Kier alpha value is -2.08. The zero-order chi connectivity index (χ0) is 17.1. The van der Waals surface area contributed by atoms with E-state index in [9.17, 15) is 9.59 Å². The maximum Gasteiger partial charge on any atom is 0.329 e. The van der Waals surface area contributed by atoms with Crippen molar-refractivity contribution in [2.24, 2.45) is 0 Å². The number of aryl methyl sites for hydroxylation is 1. The Balaban J connectivity index is 1.80. The smallest absolute Gasteiger partial charge is 0.329 e. The number of imidazole rings is 1. The van der Waals surface area contributed by atoms with Crippen LogP contribution in [-0.4, -0.2) is 33.8 Å². The van der Waals surface area contributed by atoms with Crippen LogP contribution in [0.15, 0.2) is 29.1 Å². The van der Waals surface area contributed by atoms with Gasteiger partial charge in [-0.25, -0.2) is 4.79 Å². The number of nitrogens with one attached hydrogen (secondary N) is 1. The van der Waals surface area contributed by atoms with Crippen molar-refractivity contribution in [3.8, 4) is 0 Å². The van der Waals surface area contributed by atoms with E-state index in [0.29, 0.717) is 6.54 Å². The normalized spacial score (nSPS) is 18.8. The molecular formula is C18H25N3O3. The molecule has 0 saturated carbocycles. The predicted molar refractivity (Wildman–Crippen MR) is 93.1 cm³/mol. The third-order valence-electron chi connectivity index (χ3n) is 4.59. The number of para-hydroxylation sites is 2. The van der Waals surface area contributed by atoms with Crippen molar-refractivity contribution >= 4 is 16.9 Å². The number of hydrogen-bond acceptors (Lipinski definition) is 3. The second-order valence-corrected chi connectivity index (χ2v) is 6.42. The topological polar surface area (TPSA) is 65.3 Å². The fourth-order valence-electron chi connectivity index (χ4n) is 3.40. The summed E-state index contributed by atoms with van der Waals surface area (Å²) in [5.74, 6) is -0.153. The van der Waals surface area contributed by atoms with Gasteiger partial charge in [-0.2, -0.15) is 0 Å². The molecule has 1 amide bonds. The Morgan fingerprint density at radius 1 is 1.33 bits per heavy atom. The Bertz CT molecular complexity index is 771. The van der Waals surface area contributed by atoms with Gasteiger partial charge in [0.1, 0.15) is 6.54 Å². The molecule has 0 radical (unpaired) electrons. The molecule has 1 saturated heterocycles. The minimum Gasteiger partial charge on any atom is -0.376 e. The third kappa shape index (κ3) is 3.24. The molecular weight excluding hydrogens is 306 g/mol. The molecule has 2 heterocycles. The number of fused-ring (bicyclic) bond motifs is 1. The third-order valence-corrected chi connectivity index (χ3v) is 4.59. The monoisotopic (exact) mass is 331 g/mol. The average Bonchev–Trinajstić information content (AvgIpc) is 3.19. The van der Waals surface area contributed by atoms with Crippen molar-refractivity contribution < 1.29 is 9.53 Å². The predicted octanol–water partition coefficient (Wildman–Crippen LogP) is 1.90. The molecule has 1 N–H and O–H groups in total. The second-order valence-electron chi connectivity index (χ2n) is 6.42. The van der Waals surface area contributed by atoms with Gasteiger partial charge >= 0.3 is 5.69 Å². The minimum atomic E-state index is -0.153. The van der Waals surface area contributed by atoms with Crippen LogP contribution in [0.2, 0.25) is 0 Å². The van der Waals surface area contributed by atoms with E-state index in [2.05, 4.69) is 5.32 Å². The summed E-state index contributed by atoms with van der Waals surface area (Å²) in [6.45, 7) is 5.44. The van der Waals surface area contributed by atoms with Crippen molar-refractivity contribution in [3.05, 3.63) is 34.7 Å². The van der Waals surface area contributed by atoms with E-state index in [-0.39, 0.29) is 30.3 Å². The number of benzene rings is 1. The first kappa shape index (κ1) is 16.8. The lowest BCUT2D eigenvalue weighted by Gasteiger charge is -2.20. The highest BCUT2D eigenvalue weighted by Crippen LogP contribution is 2.16. The largest absolute Gasteiger partial charge is 0.376 e. The maximum absolute atomic E-state index is 12.7. The Morgan fingerprint density at radius 3 is 2.67 bits per heavy atom.